The van der Waals surface area contributed by atoms with Crippen molar-refractivity contribution in [2.24, 2.45) is 0 Å². The molecule has 0 radical (unpaired) electrons. The van der Waals surface area contributed by atoms with E-state index in [2.05, 4.69) is 10.9 Å². The predicted octanol–water partition coefficient (Wildman–Crippen LogP) is 0.604. The zero-order valence-electron chi connectivity index (χ0n) is 11.6. The van der Waals surface area contributed by atoms with Crippen molar-refractivity contribution in [3.63, 3.8) is 0 Å². The number of aliphatic hydroxyl groups excluding tert-OH is 1. The molecule has 1 aromatic heterocycles. The molecule has 0 aliphatic carbocycles. The van der Waals surface area contributed by atoms with Gasteiger partial charge in [0, 0.05) is 6.61 Å². The van der Waals surface area contributed by atoms with E-state index in [-0.39, 0.29) is 25.0 Å². The Balaban J connectivity index is 2.15. The van der Waals surface area contributed by atoms with Gasteiger partial charge >= 0.3 is 0 Å². The quantitative estimate of drug-likeness (QED) is 0.485. The molecule has 3 N–H and O–H groups in total. The Morgan fingerprint density at radius 3 is 2.75 bits per heavy atom. The number of hydrazine groups is 1. The molecule has 0 atom stereocenters. The van der Waals surface area contributed by atoms with E-state index < -0.39 is 0 Å². The fourth-order valence-electron chi connectivity index (χ4n) is 1.63. The number of nitrogens with one attached hydrogen (secondary N) is 2. The van der Waals surface area contributed by atoms with E-state index in [1.807, 2.05) is 11.9 Å². The summed E-state index contributed by atoms with van der Waals surface area (Å²) in [5, 5.41) is 10.5. The number of unbranched alkanes of at least 4 members (excludes halogenated alkanes) is 2. The maximum Gasteiger partial charge on any atom is 0.279 e. The maximum atomic E-state index is 11.6. The lowest BCUT2D eigenvalue weighted by Crippen LogP contribution is -2.45. The summed E-state index contributed by atoms with van der Waals surface area (Å²) in [5.41, 5.74) is 4.77. The lowest BCUT2D eigenvalue weighted by Gasteiger charge is -2.16. The summed E-state index contributed by atoms with van der Waals surface area (Å²) in [5.74, 6) is -0.557. The number of rotatable bonds is 8. The van der Waals surface area contributed by atoms with Gasteiger partial charge in [0.15, 0.2) is 0 Å². The van der Waals surface area contributed by atoms with Crippen molar-refractivity contribution in [1.29, 1.82) is 0 Å². The molecule has 7 heteroatoms. The Kier molecular flexibility index (Phi) is 7.86. The first-order valence-electron chi connectivity index (χ1n) is 6.55. The molecule has 0 aliphatic rings. The first-order chi connectivity index (χ1) is 9.63. The van der Waals surface area contributed by atoms with Crippen LogP contribution in [0.5, 0.6) is 0 Å². The highest BCUT2D eigenvalue weighted by molar-refractivity contribution is 7.12. The van der Waals surface area contributed by atoms with Crippen molar-refractivity contribution in [3.8, 4) is 0 Å². The molecule has 0 bridgehead atoms. The molecule has 0 saturated carbocycles. The second-order valence-electron chi connectivity index (χ2n) is 4.50. The Labute approximate surface area is 122 Å². The second kappa shape index (κ2) is 9.46. The van der Waals surface area contributed by atoms with Gasteiger partial charge in [-0.25, -0.2) is 0 Å². The van der Waals surface area contributed by atoms with E-state index >= 15 is 0 Å². The van der Waals surface area contributed by atoms with Crippen LogP contribution in [0, 0.1) is 0 Å². The van der Waals surface area contributed by atoms with Crippen LogP contribution in [-0.4, -0.2) is 48.6 Å². The lowest BCUT2D eigenvalue weighted by molar-refractivity contribution is -0.122. The van der Waals surface area contributed by atoms with Crippen LogP contribution in [0.4, 0.5) is 0 Å². The maximum absolute atomic E-state index is 11.6. The molecular weight excluding hydrogens is 278 g/mol. The van der Waals surface area contributed by atoms with Gasteiger partial charge in [-0.3, -0.25) is 25.3 Å². The molecule has 0 fully saturated rings. The van der Waals surface area contributed by atoms with Gasteiger partial charge < -0.3 is 5.11 Å². The first-order valence-corrected chi connectivity index (χ1v) is 7.43. The largest absolute Gasteiger partial charge is 0.396 e. The standard InChI is InChI=1S/C13H21N3O3S/c1-16(7-3-2-4-8-17)10-12(18)14-15-13(19)11-6-5-9-20-11/h5-6,9,17H,2-4,7-8,10H2,1H3,(H,14,18)(H,15,19). The number of nitrogens with zero attached hydrogens (tertiary/aromatic N) is 1. The van der Waals surface area contributed by atoms with Crippen molar-refractivity contribution in [3.05, 3.63) is 22.4 Å². The molecule has 1 heterocycles. The van der Waals surface area contributed by atoms with Crippen molar-refractivity contribution in [1.82, 2.24) is 15.8 Å². The number of amides is 2. The van der Waals surface area contributed by atoms with Crippen LogP contribution >= 0.6 is 11.3 Å². The van der Waals surface area contributed by atoms with Gasteiger partial charge in [-0.2, -0.15) is 0 Å². The smallest absolute Gasteiger partial charge is 0.279 e. The summed E-state index contributed by atoms with van der Waals surface area (Å²) in [6, 6.07) is 3.47. The Hall–Kier alpha value is -1.44. The SMILES string of the molecule is CN(CCCCCO)CC(=O)NNC(=O)c1cccs1. The van der Waals surface area contributed by atoms with E-state index in [4.69, 9.17) is 5.11 Å². The molecule has 20 heavy (non-hydrogen) atoms. The molecular formula is C13H21N3O3S. The van der Waals surface area contributed by atoms with E-state index in [9.17, 15) is 9.59 Å². The van der Waals surface area contributed by atoms with Gasteiger partial charge in [0.25, 0.3) is 11.8 Å². The van der Waals surface area contributed by atoms with Crippen molar-refractivity contribution in [2.45, 2.75) is 19.3 Å². The molecule has 6 nitrogen and oxygen atoms in total. The van der Waals surface area contributed by atoms with Crippen LogP contribution < -0.4 is 10.9 Å². The van der Waals surface area contributed by atoms with Gasteiger partial charge in [0.05, 0.1) is 11.4 Å². The Morgan fingerprint density at radius 1 is 1.30 bits per heavy atom. The zero-order valence-corrected chi connectivity index (χ0v) is 12.4. The van der Waals surface area contributed by atoms with Gasteiger partial charge in [0.1, 0.15) is 0 Å². The first kappa shape index (κ1) is 16.6. The minimum Gasteiger partial charge on any atom is -0.396 e. The number of hydrogen-bond acceptors (Lipinski definition) is 5. The molecule has 112 valence electrons. The van der Waals surface area contributed by atoms with Gasteiger partial charge in [-0.05, 0) is 44.3 Å². The van der Waals surface area contributed by atoms with E-state index in [1.54, 1.807) is 17.5 Å². The molecule has 0 saturated heterocycles. The summed E-state index contributed by atoms with van der Waals surface area (Å²) in [7, 11) is 1.85. The summed E-state index contributed by atoms with van der Waals surface area (Å²) < 4.78 is 0. The molecule has 2 amide bonds. The summed E-state index contributed by atoms with van der Waals surface area (Å²) in [6.07, 6.45) is 2.67. The van der Waals surface area contributed by atoms with Crippen molar-refractivity contribution < 1.29 is 14.7 Å². The normalized spacial score (nSPS) is 10.6. The molecule has 0 spiro atoms. The average Bonchev–Trinajstić information content (AvgIpc) is 2.95. The third-order valence-corrected chi connectivity index (χ3v) is 3.54. The zero-order chi connectivity index (χ0) is 14.8. The number of carbonyl (C=O) groups is 2. The second-order valence-corrected chi connectivity index (χ2v) is 5.45. The van der Waals surface area contributed by atoms with Crippen LogP contribution in [0.1, 0.15) is 28.9 Å². The van der Waals surface area contributed by atoms with E-state index in [0.29, 0.717) is 4.88 Å². The number of carbonyl (C=O) groups excluding carboxylic acids is 2. The van der Waals surface area contributed by atoms with E-state index in [0.717, 1.165) is 25.8 Å². The Bertz CT molecular complexity index is 409. The van der Waals surface area contributed by atoms with Gasteiger partial charge in [0.2, 0.25) is 0 Å². The lowest BCUT2D eigenvalue weighted by atomic mass is 10.2. The van der Waals surface area contributed by atoms with Crippen LogP contribution in [0.3, 0.4) is 0 Å². The molecule has 1 rings (SSSR count). The monoisotopic (exact) mass is 299 g/mol. The van der Waals surface area contributed by atoms with Crippen LogP contribution in [0.2, 0.25) is 0 Å². The average molecular weight is 299 g/mol. The predicted molar refractivity (Wildman–Crippen MR) is 78.4 cm³/mol. The summed E-state index contributed by atoms with van der Waals surface area (Å²) >= 11 is 1.32. The van der Waals surface area contributed by atoms with Crippen LogP contribution in [0.25, 0.3) is 0 Å². The van der Waals surface area contributed by atoms with Gasteiger partial charge in [-0.1, -0.05) is 6.07 Å². The molecule has 0 unspecified atom stereocenters. The highest BCUT2D eigenvalue weighted by atomic mass is 32.1. The number of hydrogen-bond donors (Lipinski definition) is 3. The summed E-state index contributed by atoms with van der Waals surface area (Å²) in [6.45, 7) is 1.22. The number of thiophene rings is 1. The highest BCUT2D eigenvalue weighted by Crippen LogP contribution is 2.06. The van der Waals surface area contributed by atoms with Crippen LogP contribution in [-0.2, 0) is 4.79 Å². The Morgan fingerprint density at radius 2 is 2.10 bits per heavy atom. The van der Waals surface area contributed by atoms with Crippen LogP contribution in [0.15, 0.2) is 17.5 Å². The van der Waals surface area contributed by atoms with Gasteiger partial charge in [-0.15, -0.1) is 11.3 Å². The molecule has 0 aliphatic heterocycles. The summed E-state index contributed by atoms with van der Waals surface area (Å²) in [4.78, 5) is 25.6. The third-order valence-electron chi connectivity index (χ3n) is 2.67. The van der Waals surface area contributed by atoms with E-state index in [1.165, 1.54) is 11.3 Å². The molecule has 0 aromatic carbocycles. The minimum absolute atomic E-state index is 0.207. The topological polar surface area (TPSA) is 81.7 Å². The third kappa shape index (κ3) is 6.65. The number of likely N-dealkylation sites (N-methyl/N-ethyl adjacent to an activating group) is 1. The highest BCUT2D eigenvalue weighted by Gasteiger charge is 2.09. The van der Waals surface area contributed by atoms with Crippen molar-refractivity contribution >= 4 is 23.2 Å². The number of aliphatic hydroxyl groups is 1. The molecule has 1 aromatic rings. The fourth-order valence-corrected chi connectivity index (χ4v) is 2.25. The minimum atomic E-state index is -0.307. The fraction of sp³-hybridized carbons (Fsp3) is 0.538. The van der Waals surface area contributed by atoms with Crippen molar-refractivity contribution in [2.75, 3.05) is 26.7 Å².